The van der Waals surface area contributed by atoms with Crippen molar-refractivity contribution in [1.82, 2.24) is 0 Å². The van der Waals surface area contributed by atoms with Crippen LogP contribution in [0.2, 0.25) is 0 Å². The number of nitrogens with one attached hydrogen (secondary N) is 1. The molecule has 0 spiro atoms. The van der Waals surface area contributed by atoms with E-state index >= 15 is 0 Å². The first kappa shape index (κ1) is 16.8. The Balaban J connectivity index is 1.92. The van der Waals surface area contributed by atoms with E-state index in [0.717, 1.165) is 25.7 Å². The third-order valence-corrected chi connectivity index (χ3v) is 5.13. The molecule has 0 aliphatic heterocycles. The van der Waals surface area contributed by atoms with Gasteiger partial charge in [-0.2, -0.15) is 8.42 Å². The van der Waals surface area contributed by atoms with Crippen molar-refractivity contribution in [3.63, 3.8) is 0 Å². The number of carbonyl (C=O) groups is 1. The highest BCUT2D eigenvalue weighted by atomic mass is 32.2. The van der Waals surface area contributed by atoms with E-state index in [1.807, 2.05) is 0 Å². The van der Waals surface area contributed by atoms with Gasteiger partial charge in [0.15, 0.2) is 0 Å². The lowest BCUT2D eigenvalue weighted by molar-refractivity contribution is -0.120. The van der Waals surface area contributed by atoms with E-state index in [0.29, 0.717) is 12.1 Å². The number of amides is 1. The fourth-order valence-corrected chi connectivity index (χ4v) is 3.63. The van der Waals surface area contributed by atoms with Crippen molar-refractivity contribution in [1.29, 1.82) is 0 Å². The van der Waals surface area contributed by atoms with Gasteiger partial charge in [0.2, 0.25) is 5.91 Å². The molecule has 1 aromatic rings. The van der Waals surface area contributed by atoms with Crippen LogP contribution in [0.25, 0.3) is 0 Å². The standard InChI is InChI=1S/C16H23NO4S/c1-2-12-22(19,20)21-15-10-8-14(9-11-15)17-16(18)13-6-4-3-5-7-13/h8-11,13H,2-7,12H2,1H3,(H,17,18). The maximum absolute atomic E-state index is 12.1. The van der Waals surface area contributed by atoms with Crippen LogP contribution in [0.15, 0.2) is 24.3 Å². The van der Waals surface area contributed by atoms with Crippen LogP contribution in [0.3, 0.4) is 0 Å². The molecule has 0 atom stereocenters. The van der Waals surface area contributed by atoms with Crippen LogP contribution >= 0.6 is 0 Å². The molecule has 0 aromatic heterocycles. The van der Waals surface area contributed by atoms with Crippen LogP contribution in [0.5, 0.6) is 5.75 Å². The van der Waals surface area contributed by atoms with Crippen LogP contribution in [0.4, 0.5) is 5.69 Å². The van der Waals surface area contributed by atoms with Crippen molar-refractivity contribution in [2.45, 2.75) is 45.4 Å². The van der Waals surface area contributed by atoms with Crippen LogP contribution in [-0.4, -0.2) is 20.1 Å². The molecule has 1 aliphatic rings. The summed E-state index contributed by atoms with van der Waals surface area (Å²) < 4.78 is 28.1. The summed E-state index contributed by atoms with van der Waals surface area (Å²) >= 11 is 0. The van der Waals surface area contributed by atoms with Gasteiger partial charge in [-0.25, -0.2) is 0 Å². The summed E-state index contributed by atoms with van der Waals surface area (Å²) in [5.41, 5.74) is 0.663. The minimum Gasteiger partial charge on any atom is -0.382 e. The molecule has 0 saturated heterocycles. The number of rotatable bonds is 6. The third kappa shape index (κ3) is 5.02. The first-order valence-electron chi connectivity index (χ1n) is 7.83. The first-order valence-corrected chi connectivity index (χ1v) is 9.41. The number of hydrogen-bond donors (Lipinski definition) is 1. The van der Waals surface area contributed by atoms with Gasteiger partial charge in [-0.1, -0.05) is 26.2 Å². The molecule has 1 saturated carbocycles. The number of anilines is 1. The molecule has 0 radical (unpaired) electrons. The zero-order chi connectivity index (χ0) is 16.0. The molecular formula is C16H23NO4S. The predicted molar refractivity (Wildman–Crippen MR) is 86.4 cm³/mol. The maximum atomic E-state index is 12.1. The lowest BCUT2D eigenvalue weighted by Crippen LogP contribution is -2.24. The van der Waals surface area contributed by atoms with Crippen LogP contribution in [-0.2, 0) is 14.9 Å². The van der Waals surface area contributed by atoms with Gasteiger partial charge < -0.3 is 9.50 Å². The number of hydrogen-bond acceptors (Lipinski definition) is 4. The normalized spacial score (nSPS) is 16.2. The lowest BCUT2D eigenvalue weighted by atomic mass is 9.88. The zero-order valence-corrected chi connectivity index (χ0v) is 13.7. The number of carbonyl (C=O) groups excluding carboxylic acids is 1. The Labute approximate surface area is 132 Å². The smallest absolute Gasteiger partial charge is 0.309 e. The van der Waals surface area contributed by atoms with Crippen LogP contribution in [0, 0.1) is 5.92 Å². The van der Waals surface area contributed by atoms with E-state index in [-0.39, 0.29) is 23.3 Å². The van der Waals surface area contributed by atoms with Gasteiger partial charge in [-0.15, -0.1) is 0 Å². The molecule has 0 heterocycles. The molecule has 1 aliphatic carbocycles. The van der Waals surface area contributed by atoms with Gasteiger partial charge >= 0.3 is 10.1 Å². The van der Waals surface area contributed by atoms with Crippen LogP contribution < -0.4 is 9.50 Å². The zero-order valence-electron chi connectivity index (χ0n) is 12.9. The Kier molecular flexibility index (Phi) is 5.83. The van der Waals surface area contributed by atoms with E-state index in [1.165, 1.54) is 6.42 Å². The molecule has 0 bridgehead atoms. The quantitative estimate of drug-likeness (QED) is 0.814. The molecule has 22 heavy (non-hydrogen) atoms. The second-order valence-corrected chi connectivity index (χ2v) is 7.38. The fourth-order valence-electron chi connectivity index (χ4n) is 2.64. The van der Waals surface area contributed by atoms with E-state index in [9.17, 15) is 13.2 Å². The summed E-state index contributed by atoms with van der Waals surface area (Å²) in [4.78, 5) is 12.1. The van der Waals surface area contributed by atoms with E-state index in [4.69, 9.17) is 4.18 Å². The minimum absolute atomic E-state index is 0.00678. The monoisotopic (exact) mass is 325 g/mol. The third-order valence-electron chi connectivity index (χ3n) is 3.78. The molecule has 2 rings (SSSR count). The van der Waals surface area contributed by atoms with Crippen molar-refractivity contribution >= 4 is 21.7 Å². The maximum Gasteiger partial charge on any atom is 0.309 e. The van der Waals surface area contributed by atoms with Gasteiger partial charge in [-0.05, 0) is 43.5 Å². The SMILES string of the molecule is CCCS(=O)(=O)Oc1ccc(NC(=O)C2CCCCC2)cc1. The average molecular weight is 325 g/mol. The summed E-state index contributed by atoms with van der Waals surface area (Å²) in [5, 5.41) is 2.88. The van der Waals surface area contributed by atoms with Gasteiger partial charge in [0.25, 0.3) is 0 Å². The molecule has 6 heteroatoms. The van der Waals surface area contributed by atoms with Crippen molar-refractivity contribution in [2.75, 3.05) is 11.1 Å². The van der Waals surface area contributed by atoms with Gasteiger partial charge in [0.05, 0.1) is 5.75 Å². The lowest BCUT2D eigenvalue weighted by Gasteiger charge is -2.20. The molecule has 1 fully saturated rings. The Morgan fingerprint density at radius 2 is 1.82 bits per heavy atom. The van der Waals surface area contributed by atoms with Crippen LogP contribution in [0.1, 0.15) is 45.4 Å². The summed E-state index contributed by atoms with van der Waals surface area (Å²) in [6.45, 7) is 1.78. The predicted octanol–water partition coefficient (Wildman–Crippen LogP) is 3.32. The first-order chi connectivity index (χ1) is 10.5. The largest absolute Gasteiger partial charge is 0.382 e. The number of benzene rings is 1. The van der Waals surface area contributed by atoms with Crippen molar-refractivity contribution in [2.24, 2.45) is 5.92 Å². The molecule has 1 aromatic carbocycles. The highest BCUT2D eigenvalue weighted by Gasteiger charge is 2.21. The fraction of sp³-hybridized carbons (Fsp3) is 0.562. The highest BCUT2D eigenvalue weighted by Crippen LogP contribution is 2.25. The second kappa shape index (κ2) is 7.63. The molecule has 5 nitrogen and oxygen atoms in total. The molecule has 1 N–H and O–H groups in total. The molecule has 1 amide bonds. The molecule has 0 unspecified atom stereocenters. The molecular weight excluding hydrogens is 302 g/mol. The van der Waals surface area contributed by atoms with E-state index < -0.39 is 10.1 Å². The van der Waals surface area contributed by atoms with Crippen molar-refractivity contribution in [3.05, 3.63) is 24.3 Å². The Morgan fingerprint density at radius 3 is 2.41 bits per heavy atom. The van der Waals surface area contributed by atoms with Gasteiger partial charge in [-0.3, -0.25) is 4.79 Å². The van der Waals surface area contributed by atoms with Gasteiger partial charge in [0.1, 0.15) is 5.75 Å². The Bertz CT molecular complexity index is 589. The Morgan fingerprint density at radius 1 is 1.18 bits per heavy atom. The average Bonchev–Trinajstić information content (AvgIpc) is 2.49. The Hall–Kier alpha value is -1.56. The summed E-state index contributed by atoms with van der Waals surface area (Å²) in [6, 6.07) is 6.45. The minimum atomic E-state index is -3.53. The van der Waals surface area contributed by atoms with Crippen molar-refractivity contribution < 1.29 is 17.4 Å². The summed E-state index contributed by atoms with van der Waals surface area (Å²) in [6.07, 6.45) is 5.84. The topological polar surface area (TPSA) is 72.5 Å². The second-order valence-electron chi connectivity index (χ2n) is 5.69. The molecule has 122 valence electrons. The van der Waals surface area contributed by atoms with E-state index in [2.05, 4.69) is 5.32 Å². The summed E-state index contributed by atoms with van der Waals surface area (Å²) in [7, 11) is -3.53. The summed E-state index contributed by atoms with van der Waals surface area (Å²) in [5.74, 6) is 0.401. The van der Waals surface area contributed by atoms with Crippen molar-refractivity contribution in [3.8, 4) is 5.75 Å². The van der Waals surface area contributed by atoms with E-state index in [1.54, 1.807) is 31.2 Å². The van der Waals surface area contributed by atoms with Gasteiger partial charge in [0, 0.05) is 11.6 Å². The highest BCUT2D eigenvalue weighted by molar-refractivity contribution is 7.87.